The molecule has 0 saturated carbocycles. The molecule has 1 saturated heterocycles. The summed E-state index contributed by atoms with van der Waals surface area (Å²) in [4.78, 5) is 2.46. The maximum absolute atomic E-state index is 9.84. The molecule has 1 N–H and O–H groups in total. The molecule has 1 aromatic rings. The first-order valence-electron chi connectivity index (χ1n) is 6.57. The third kappa shape index (κ3) is 3.01. The van der Waals surface area contributed by atoms with Gasteiger partial charge in [-0.05, 0) is 37.8 Å². The molecule has 2 rings (SSSR count). The van der Waals surface area contributed by atoms with Crippen molar-refractivity contribution in [2.75, 3.05) is 13.1 Å². The molecule has 1 atom stereocenters. The lowest BCUT2D eigenvalue weighted by atomic mass is 9.95. The minimum absolute atomic E-state index is 0.434. The van der Waals surface area contributed by atoms with E-state index in [1.54, 1.807) is 6.07 Å². The molecule has 1 unspecified atom stereocenters. The largest absolute Gasteiger partial charge is 0.508 e. The highest BCUT2D eigenvalue weighted by Gasteiger charge is 2.25. The van der Waals surface area contributed by atoms with Gasteiger partial charge in [0, 0.05) is 18.7 Å². The maximum Gasteiger partial charge on any atom is 0.120 e. The van der Waals surface area contributed by atoms with Crippen LogP contribution in [0.4, 0.5) is 0 Å². The number of phenols is 1. The van der Waals surface area contributed by atoms with Crippen molar-refractivity contribution in [3.8, 4) is 5.75 Å². The standard InChI is InChI=1S/C15H23NO/c1-11(2)13-6-7-16(9-13)10-14-8-12(3)4-5-15(14)17/h4-5,8,11,13,17H,6-7,9-10H2,1-3H3. The second kappa shape index (κ2) is 5.09. The Kier molecular flexibility index (Phi) is 3.72. The minimum atomic E-state index is 0.434. The summed E-state index contributed by atoms with van der Waals surface area (Å²) in [5.41, 5.74) is 2.28. The quantitative estimate of drug-likeness (QED) is 0.866. The zero-order valence-corrected chi connectivity index (χ0v) is 11.1. The van der Waals surface area contributed by atoms with Gasteiger partial charge in [-0.2, -0.15) is 0 Å². The van der Waals surface area contributed by atoms with Crippen LogP contribution in [0.2, 0.25) is 0 Å². The summed E-state index contributed by atoms with van der Waals surface area (Å²) in [6, 6.07) is 5.86. The van der Waals surface area contributed by atoms with Crippen LogP contribution in [0.3, 0.4) is 0 Å². The van der Waals surface area contributed by atoms with Gasteiger partial charge in [-0.1, -0.05) is 31.5 Å². The number of benzene rings is 1. The number of aromatic hydroxyl groups is 1. The van der Waals surface area contributed by atoms with Crippen molar-refractivity contribution in [1.82, 2.24) is 4.90 Å². The van der Waals surface area contributed by atoms with Gasteiger partial charge in [-0.25, -0.2) is 0 Å². The normalized spacial score (nSPS) is 21.3. The first kappa shape index (κ1) is 12.4. The number of nitrogens with zero attached hydrogens (tertiary/aromatic N) is 1. The fourth-order valence-electron chi connectivity index (χ4n) is 2.63. The van der Waals surface area contributed by atoms with E-state index in [0.29, 0.717) is 5.75 Å². The molecule has 0 radical (unpaired) electrons. The number of aryl methyl sites for hydroxylation is 1. The van der Waals surface area contributed by atoms with Crippen molar-refractivity contribution < 1.29 is 5.11 Å². The van der Waals surface area contributed by atoms with E-state index < -0.39 is 0 Å². The van der Waals surface area contributed by atoms with Crippen LogP contribution in [0.5, 0.6) is 5.75 Å². The van der Waals surface area contributed by atoms with E-state index in [1.165, 1.54) is 18.5 Å². The maximum atomic E-state index is 9.84. The molecule has 1 heterocycles. The summed E-state index contributed by atoms with van der Waals surface area (Å²) in [5.74, 6) is 2.02. The Morgan fingerprint density at radius 2 is 2.18 bits per heavy atom. The topological polar surface area (TPSA) is 23.5 Å². The van der Waals surface area contributed by atoms with E-state index in [-0.39, 0.29) is 0 Å². The molecular formula is C15H23NO. The number of rotatable bonds is 3. The molecule has 2 nitrogen and oxygen atoms in total. The summed E-state index contributed by atoms with van der Waals surface area (Å²) in [6.45, 7) is 9.90. The molecular weight excluding hydrogens is 210 g/mol. The Balaban J connectivity index is 2.00. The molecule has 94 valence electrons. The highest BCUT2D eigenvalue weighted by atomic mass is 16.3. The van der Waals surface area contributed by atoms with Gasteiger partial charge in [-0.15, -0.1) is 0 Å². The first-order valence-corrected chi connectivity index (χ1v) is 6.57. The van der Waals surface area contributed by atoms with Gasteiger partial charge in [0.25, 0.3) is 0 Å². The molecule has 0 aromatic heterocycles. The van der Waals surface area contributed by atoms with Crippen LogP contribution < -0.4 is 0 Å². The molecule has 0 amide bonds. The molecule has 17 heavy (non-hydrogen) atoms. The molecule has 1 aliphatic heterocycles. The van der Waals surface area contributed by atoms with E-state index in [0.717, 1.165) is 30.5 Å². The van der Waals surface area contributed by atoms with Crippen molar-refractivity contribution in [3.63, 3.8) is 0 Å². The zero-order valence-electron chi connectivity index (χ0n) is 11.1. The Morgan fingerprint density at radius 1 is 1.41 bits per heavy atom. The molecule has 0 spiro atoms. The molecule has 0 bridgehead atoms. The van der Waals surface area contributed by atoms with Gasteiger partial charge in [-0.3, -0.25) is 4.90 Å². The highest BCUT2D eigenvalue weighted by Crippen LogP contribution is 2.27. The molecule has 1 fully saturated rings. The van der Waals surface area contributed by atoms with Crippen LogP contribution in [0.25, 0.3) is 0 Å². The molecule has 2 heteroatoms. The Bertz CT molecular complexity index is 387. The van der Waals surface area contributed by atoms with Crippen molar-refractivity contribution in [1.29, 1.82) is 0 Å². The lowest BCUT2D eigenvalue weighted by molar-refractivity contribution is 0.292. The summed E-state index contributed by atoms with van der Waals surface area (Å²) >= 11 is 0. The van der Waals surface area contributed by atoms with Gasteiger partial charge >= 0.3 is 0 Å². The molecule has 1 aromatic carbocycles. The molecule has 1 aliphatic rings. The van der Waals surface area contributed by atoms with Crippen LogP contribution in [-0.4, -0.2) is 23.1 Å². The predicted molar refractivity (Wildman–Crippen MR) is 71.1 cm³/mol. The second-order valence-corrected chi connectivity index (χ2v) is 5.66. The SMILES string of the molecule is Cc1ccc(O)c(CN2CCC(C(C)C)C2)c1. The Morgan fingerprint density at radius 3 is 2.82 bits per heavy atom. The van der Waals surface area contributed by atoms with Gasteiger partial charge in [0.1, 0.15) is 5.75 Å². The van der Waals surface area contributed by atoms with Crippen molar-refractivity contribution in [2.24, 2.45) is 11.8 Å². The summed E-state index contributed by atoms with van der Waals surface area (Å²) < 4.78 is 0. The summed E-state index contributed by atoms with van der Waals surface area (Å²) in [5, 5.41) is 9.84. The third-order valence-electron chi connectivity index (χ3n) is 3.88. The predicted octanol–water partition coefficient (Wildman–Crippen LogP) is 3.18. The number of hydrogen-bond donors (Lipinski definition) is 1. The second-order valence-electron chi connectivity index (χ2n) is 5.66. The van der Waals surface area contributed by atoms with E-state index in [1.807, 2.05) is 6.07 Å². The van der Waals surface area contributed by atoms with E-state index in [4.69, 9.17) is 0 Å². The number of phenolic OH excluding ortho intramolecular Hbond substituents is 1. The van der Waals surface area contributed by atoms with Crippen molar-refractivity contribution >= 4 is 0 Å². The average molecular weight is 233 g/mol. The van der Waals surface area contributed by atoms with Crippen LogP contribution in [-0.2, 0) is 6.54 Å². The fraction of sp³-hybridized carbons (Fsp3) is 0.600. The summed E-state index contributed by atoms with van der Waals surface area (Å²) in [7, 11) is 0. The van der Waals surface area contributed by atoms with Crippen LogP contribution in [0.1, 0.15) is 31.4 Å². The molecule has 0 aliphatic carbocycles. The van der Waals surface area contributed by atoms with Crippen LogP contribution in [0.15, 0.2) is 18.2 Å². The van der Waals surface area contributed by atoms with E-state index in [2.05, 4.69) is 31.7 Å². The van der Waals surface area contributed by atoms with Gasteiger partial charge < -0.3 is 5.11 Å². The van der Waals surface area contributed by atoms with Crippen molar-refractivity contribution in [2.45, 2.75) is 33.7 Å². The average Bonchev–Trinajstić information content (AvgIpc) is 2.72. The third-order valence-corrected chi connectivity index (χ3v) is 3.88. The Labute approximate surface area is 104 Å². The smallest absolute Gasteiger partial charge is 0.120 e. The van der Waals surface area contributed by atoms with Crippen LogP contribution >= 0.6 is 0 Å². The van der Waals surface area contributed by atoms with E-state index in [9.17, 15) is 5.11 Å². The van der Waals surface area contributed by atoms with E-state index >= 15 is 0 Å². The van der Waals surface area contributed by atoms with Crippen LogP contribution in [0, 0.1) is 18.8 Å². The number of hydrogen-bond acceptors (Lipinski definition) is 2. The highest BCUT2D eigenvalue weighted by molar-refractivity contribution is 5.35. The Hall–Kier alpha value is -1.02. The van der Waals surface area contributed by atoms with Crippen molar-refractivity contribution in [3.05, 3.63) is 29.3 Å². The van der Waals surface area contributed by atoms with Gasteiger partial charge in [0.2, 0.25) is 0 Å². The van der Waals surface area contributed by atoms with Gasteiger partial charge in [0.05, 0.1) is 0 Å². The summed E-state index contributed by atoms with van der Waals surface area (Å²) in [6.07, 6.45) is 1.30. The van der Waals surface area contributed by atoms with Gasteiger partial charge in [0.15, 0.2) is 0 Å². The number of likely N-dealkylation sites (tertiary alicyclic amines) is 1. The monoisotopic (exact) mass is 233 g/mol. The minimum Gasteiger partial charge on any atom is -0.508 e. The fourth-order valence-corrected chi connectivity index (χ4v) is 2.63. The first-order chi connectivity index (χ1) is 8.06. The lowest BCUT2D eigenvalue weighted by Gasteiger charge is -2.18. The zero-order chi connectivity index (χ0) is 12.4. The lowest BCUT2D eigenvalue weighted by Crippen LogP contribution is -2.21.